The molecule has 1 aromatic rings. The van der Waals surface area contributed by atoms with Crippen molar-refractivity contribution in [1.29, 1.82) is 0 Å². The third kappa shape index (κ3) is 4.85. The number of nitrogens with zero attached hydrogens (tertiary/aromatic N) is 2. The van der Waals surface area contributed by atoms with E-state index in [1.807, 2.05) is 23.1 Å². The first-order valence-electron chi connectivity index (χ1n) is 9.78. The van der Waals surface area contributed by atoms with E-state index >= 15 is 0 Å². The van der Waals surface area contributed by atoms with Crippen molar-refractivity contribution in [3.8, 4) is 0 Å². The van der Waals surface area contributed by atoms with Gasteiger partial charge in [-0.1, -0.05) is 44.2 Å². The highest BCUT2D eigenvalue weighted by molar-refractivity contribution is 8.00. The summed E-state index contributed by atoms with van der Waals surface area (Å²) in [6.07, 6.45) is 1.57. The smallest absolute Gasteiger partial charge is 0.308 e. The van der Waals surface area contributed by atoms with Gasteiger partial charge in [-0.15, -0.1) is 11.8 Å². The van der Waals surface area contributed by atoms with Gasteiger partial charge in [0.2, 0.25) is 5.91 Å². The van der Waals surface area contributed by atoms with Crippen molar-refractivity contribution >= 4 is 23.6 Å². The molecule has 5 nitrogen and oxygen atoms in total. The zero-order chi connectivity index (χ0) is 19.4. The lowest BCUT2D eigenvalue weighted by Crippen LogP contribution is -2.48. The number of amides is 1. The Balaban J connectivity index is 1.62. The molecule has 0 aromatic heterocycles. The number of carbonyl (C=O) groups is 2. The van der Waals surface area contributed by atoms with E-state index in [0.29, 0.717) is 30.6 Å². The molecule has 1 aromatic carbocycles. The summed E-state index contributed by atoms with van der Waals surface area (Å²) >= 11 is 1.67. The third-order valence-electron chi connectivity index (χ3n) is 5.92. The molecule has 2 saturated heterocycles. The Morgan fingerprint density at radius 3 is 2.48 bits per heavy atom. The van der Waals surface area contributed by atoms with Crippen LogP contribution in [0.2, 0.25) is 0 Å². The van der Waals surface area contributed by atoms with Gasteiger partial charge in [0, 0.05) is 38.1 Å². The standard InChI is InChI=1S/C21H30N2O3S/c1-16(2)27-14-19(24)23-10-8-21(9-11-23)15-22(13-18(21)20(25)26)12-17-6-4-3-5-7-17/h3-7,16,18H,8-15H2,1-2H3,(H,25,26). The van der Waals surface area contributed by atoms with Crippen LogP contribution in [0.4, 0.5) is 0 Å². The van der Waals surface area contributed by atoms with Crippen molar-refractivity contribution in [3.05, 3.63) is 35.9 Å². The van der Waals surface area contributed by atoms with E-state index in [2.05, 4.69) is 30.9 Å². The highest BCUT2D eigenvalue weighted by Crippen LogP contribution is 2.45. The maximum Gasteiger partial charge on any atom is 0.308 e. The van der Waals surface area contributed by atoms with Crippen LogP contribution >= 0.6 is 11.8 Å². The minimum Gasteiger partial charge on any atom is -0.481 e. The van der Waals surface area contributed by atoms with Crippen LogP contribution in [0.15, 0.2) is 30.3 Å². The van der Waals surface area contributed by atoms with Gasteiger partial charge < -0.3 is 10.0 Å². The van der Waals surface area contributed by atoms with Gasteiger partial charge in [-0.3, -0.25) is 14.5 Å². The molecule has 27 heavy (non-hydrogen) atoms. The number of carboxylic acids is 1. The number of thioether (sulfide) groups is 1. The quantitative estimate of drug-likeness (QED) is 0.809. The largest absolute Gasteiger partial charge is 0.481 e. The Bertz CT molecular complexity index is 657. The van der Waals surface area contributed by atoms with E-state index in [1.165, 1.54) is 5.56 Å². The lowest BCUT2D eigenvalue weighted by Gasteiger charge is -2.41. The van der Waals surface area contributed by atoms with Crippen LogP contribution < -0.4 is 0 Å². The summed E-state index contributed by atoms with van der Waals surface area (Å²) in [5.41, 5.74) is 1.01. The molecule has 1 spiro atoms. The van der Waals surface area contributed by atoms with Gasteiger partial charge in [-0.25, -0.2) is 0 Å². The van der Waals surface area contributed by atoms with Crippen molar-refractivity contribution in [2.24, 2.45) is 11.3 Å². The predicted octanol–water partition coefficient (Wildman–Crippen LogP) is 2.95. The van der Waals surface area contributed by atoms with Crippen molar-refractivity contribution < 1.29 is 14.7 Å². The molecule has 1 N–H and O–H groups in total. The first-order valence-corrected chi connectivity index (χ1v) is 10.8. The number of likely N-dealkylation sites (tertiary alicyclic amines) is 2. The summed E-state index contributed by atoms with van der Waals surface area (Å²) in [6, 6.07) is 10.2. The number of carbonyl (C=O) groups excluding carboxylic acids is 1. The molecule has 2 fully saturated rings. The van der Waals surface area contributed by atoms with Crippen LogP contribution in [-0.2, 0) is 16.1 Å². The number of rotatable bonds is 6. The van der Waals surface area contributed by atoms with Gasteiger partial charge in [0.15, 0.2) is 0 Å². The molecule has 1 atom stereocenters. The van der Waals surface area contributed by atoms with E-state index in [4.69, 9.17) is 0 Å². The number of piperidine rings is 1. The normalized spacial score (nSPS) is 22.5. The van der Waals surface area contributed by atoms with Gasteiger partial charge in [-0.2, -0.15) is 0 Å². The molecule has 3 rings (SSSR count). The topological polar surface area (TPSA) is 60.9 Å². The number of carboxylic acid groups (broad SMARTS) is 1. The fraction of sp³-hybridized carbons (Fsp3) is 0.619. The average molecular weight is 391 g/mol. The van der Waals surface area contributed by atoms with Gasteiger partial charge in [-0.05, 0) is 23.7 Å². The molecule has 2 heterocycles. The summed E-state index contributed by atoms with van der Waals surface area (Å²) in [5.74, 6) is -0.327. The maximum absolute atomic E-state index is 12.4. The fourth-order valence-electron chi connectivity index (χ4n) is 4.41. The molecule has 0 aliphatic carbocycles. The van der Waals surface area contributed by atoms with Crippen molar-refractivity contribution in [2.45, 2.75) is 38.5 Å². The number of hydrogen-bond acceptors (Lipinski definition) is 4. The van der Waals surface area contributed by atoms with Crippen molar-refractivity contribution in [2.75, 3.05) is 31.9 Å². The fourth-order valence-corrected chi connectivity index (χ4v) is 5.07. The zero-order valence-corrected chi connectivity index (χ0v) is 17.1. The second-order valence-corrected chi connectivity index (χ2v) is 9.71. The molecule has 2 aliphatic rings. The van der Waals surface area contributed by atoms with Crippen molar-refractivity contribution in [3.63, 3.8) is 0 Å². The summed E-state index contributed by atoms with van der Waals surface area (Å²) < 4.78 is 0. The van der Waals surface area contributed by atoms with Crippen LogP contribution in [0.1, 0.15) is 32.3 Å². The molecule has 1 amide bonds. The Labute approximate surface area is 166 Å². The van der Waals surface area contributed by atoms with Gasteiger partial charge in [0.25, 0.3) is 0 Å². The minimum absolute atomic E-state index is 0.189. The second-order valence-electron chi connectivity index (χ2n) is 8.15. The molecule has 0 bridgehead atoms. The molecule has 0 saturated carbocycles. The molecule has 6 heteroatoms. The molecule has 0 radical (unpaired) electrons. The van der Waals surface area contributed by atoms with Gasteiger partial charge in [0.05, 0.1) is 11.7 Å². The Hall–Kier alpha value is -1.53. The lowest BCUT2D eigenvalue weighted by atomic mass is 9.71. The Kier molecular flexibility index (Phi) is 6.48. The predicted molar refractivity (Wildman–Crippen MR) is 109 cm³/mol. The number of hydrogen-bond donors (Lipinski definition) is 1. The Morgan fingerprint density at radius 1 is 1.22 bits per heavy atom. The van der Waals surface area contributed by atoms with Crippen LogP contribution in [0.3, 0.4) is 0 Å². The van der Waals surface area contributed by atoms with Crippen molar-refractivity contribution in [1.82, 2.24) is 9.80 Å². The number of aliphatic carboxylic acids is 1. The molecule has 2 aliphatic heterocycles. The second kappa shape index (κ2) is 8.65. The van der Waals surface area contributed by atoms with Gasteiger partial charge >= 0.3 is 5.97 Å². The van der Waals surface area contributed by atoms with Crippen LogP contribution in [-0.4, -0.2) is 64.0 Å². The maximum atomic E-state index is 12.4. The lowest BCUT2D eigenvalue weighted by molar-refractivity contribution is -0.146. The van der Waals surface area contributed by atoms with E-state index in [1.54, 1.807) is 11.8 Å². The zero-order valence-electron chi connectivity index (χ0n) is 16.3. The van der Waals surface area contributed by atoms with Crippen LogP contribution in [0, 0.1) is 11.3 Å². The average Bonchev–Trinajstić information content (AvgIpc) is 2.99. The van der Waals surface area contributed by atoms with E-state index < -0.39 is 5.97 Å². The molecule has 1 unspecified atom stereocenters. The summed E-state index contributed by atoms with van der Waals surface area (Å²) in [7, 11) is 0. The highest BCUT2D eigenvalue weighted by atomic mass is 32.2. The van der Waals surface area contributed by atoms with E-state index in [-0.39, 0.29) is 17.2 Å². The summed E-state index contributed by atoms with van der Waals surface area (Å²) in [5, 5.41) is 10.3. The molecule has 148 valence electrons. The number of benzene rings is 1. The summed E-state index contributed by atoms with van der Waals surface area (Å²) in [4.78, 5) is 28.6. The monoisotopic (exact) mass is 390 g/mol. The van der Waals surface area contributed by atoms with E-state index in [0.717, 1.165) is 25.9 Å². The molecular formula is C21H30N2O3S. The van der Waals surface area contributed by atoms with Crippen LogP contribution in [0.5, 0.6) is 0 Å². The Morgan fingerprint density at radius 2 is 1.89 bits per heavy atom. The highest BCUT2D eigenvalue weighted by Gasteiger charge is 2.51. The minimum atomic E-state index is -0.694. The third-order valence-corrected chi connectivity index (χ3v) is 7.00. The SMILES string of the molecule is CC(C)SCC(=O)N1CCC2(CC1)CN(Cc1ccccc1)CC2C(=O)O. The van der Waals surface area contributed by atoms with Crippen LogP contribution in [0.25, 0.3) is 0 Å². The van der Waals surface area contributed by atoms with E-state index in [9.17, 15) is 14.7 Å². The van der Waals surface area contributed by atoms with Gasteiger partial charge in [0.1, 0.15) is 0 Å². The molecular weight excluding hydrogens is 360 g/mol. The first kappa shape index (κ1) is 20.2. The summed E-state index contributed by atoms with van der Waals surface area (Å²) in [6.45, 7) is 7.75. The first-order chi connectivity index (χ1) is 12.9.